The minimum absolute atomic E-state index is 0.0440. The second-order valence-corrected chi connectivity index (χ2v) is 4.95. The van der Waals surface area contributed by atoms with Gasteiger partial charge in [-0.3, -0.25) is 0 Å². The largest absolute Gasteiger partial charge is 0.418 e. The Kier molecular flexibility index (Phi) is 2.88. The number of para-hydroxylation sites is 1. The summed E-state index contributed by atoms with van der Waals surface area (Å²) in [6, 6.07) is 6.03. The Labute approximate surface area is 108 Å². The summed E-state index contributed by atoms with van der Waals surface area (Å²) in [6.07, 6.45) is -1.35. The number of halogens is 3. The van der Waals surface area contributed by atoms with Gasteiger partial charge in [0.15, 0.2) is 5.96 Å². The molecule has 0 radical (unpaired) electrons. The van der Waals surface area contributed by atoms with Crippen LogP contribution in [0, 0.1) is 0 Å². The SMILES string of the molecule is FC(F)(F)c1ccccc1NC1=NC2CCC(C2)N1. The smallest absolute Gasteiger partial charge is 0.353 e. The number of benzene rings is 1. The van der Waals surface area contributed by atoms with Crippen LogP contribution < -0.4 is 10.6 Å². The molecular weight excluding hydrogens is 255 g/mol. The summed E-state index contributed by atoms with van der Waals surface area (Å²) in [6.45, 7) is 0. The highest BCUT2D eigenvalue weighted by atomic mass is 19.4. The number of hydrogen-bond acceptors (Lipinski definition) is 3. The highest BCUT2D eigenvalue weighted by molar-refractivity contribution is 5.95. The minimum atomic E-state index is -4.36. The third kappa shape index (κ3) is 2.52. The number of rotatable bonds is 1. The number of fused-ring (bicyclic) bond motifs is 2. The molecule has 0 spiro atoms. The van der Waals surface area contributed by atoms with E-state index in [1.807, 2.05) is 0 Å². The maximum Gasteiger partial charge on any atom is 0.418 e. The topological polar surface area (TPSA) is 36.4 Å². The van der Waals surface area contributed by atoms with Crippen molar-refractivity contribution in [2.45, 2.75) is 37.5 Å². The third-order valence-corrected chi connectivity index (χ3v) is 3.54. The summed E-state index contributed by atoms with van der Waals surface area (Å²) in [5.41, 5.74) is -0.625. The lowest BCUT2D eigenvalue weighted by atomic mass is 10.1. The molecule has 0 aromatic heterocycles. The number of anilines is 1. The Bertz CT molecular complexity index is 510. The Hall–Kier alpha value is -1.72. The third-order valence-electron chi connectivity index (χ3n) is 3.54. The van der Waals surface area contributed by atoms with E-state index in [-0.39, 0.29) is 11.7 Å². The molecule has 0 amide bonds. The zero-order chi connectivity index (χ0) is 13.5. The predicted octanol–water partition coefficient (Wildman–Crippen LogP) is 3.00. The molecule has 1 saturated carbocycles. The quantitative estimate of drug-likeness (QED) is 0.822. The fourth-order valence-corrected chi connectivity index (χ4v) is 2.65. The predicted molar refractivity (Wildman–Crippen MR) is 67.1 cm³/mol. The molecule has 1 aromatic rings. The first kappa shape index (κ1) is 12.3. The molecule has 1 heterocycles. The summed E-state index contributed by atoms with van der Waals surface area (Å²) in [5.74, 6) is 0.454. The van der Waals surface area contributed by atoms with E-state index in [1.54, 1.807) is 6.07 Å². The number of guanidine groups is 1. The summed E-state index contributed by atoms with van der Waals surface area (Å²) in [4.78, 5) is 4.39. The van der Waals surface area contributed by atoms with Gasteiger partial charge in [-0.1, -0.05) is 12.1 Å². The second-order valence-electron chi connectivity index (χ2n) is 4.95. The van der Waals surface area contributed by atoms with Gasteiger partial charge in [-0.15, -0.1) is 0 Å². The van der Waals surface area contributed by atoms with Crippen molar-refractivity contribution in [3.05, 3.63) is 29.8 Å². The van der Waals surface area contributed by atoms with Gasteiger partial charge in [0.25, 0.3) is 0 Å². The van der Waals surface area contributed by atoms with Crippen LogP contribution in [0.15, 0.2) is 29.3 Å². The molecule has 102 valence electrons. The normalized spacial score (nSPS) is 25.7. The summed E-state index contributed by atoms with van der Waals surface area (Å²) in [5, 5.41) is 5.92. The molecule has 19 heavy (non-hydrogen) atoms. The number of nitrogens with one attached hydrogen (secondary N) is 2. The van der Waals surface area contributed by atoms with Crippen molar-refractivity contribution >= 4 is 11.6 Å². The summed E-state index contributed by atoms with van der Waals surface area (Å²) in [7, 11) is 0. The van der Waals surface area contributed by atoms with Crippen LogP contribution in [0.3, 0.4) is 0 Å². The minimum Gasteiger partial charge on any atom is -0.353 e. The van der Waals surface area contributed by atoms with Crippen LogP contribution in [0.2, 0.25) is 0 Å². The van der Waals surface area contributed by atoms with Gasteiger partial charge in [0, 0.05) is 6.04 Å². The van der Waals surface area contributed by atoms with Crippen molar-refractivity contribution in [1.82, 2.24) is 5.32 Å². The van der Waals surface area contributed by atoms with E-state index in [2.05, 4.69) is 15.6 Å². The molecular formula is C13H14F3N3. The van der Waals surface area contributed by atoms with E-state index in [4.69, 9.17) is 0 Å². The Morgan fingerprint density at radius 3 is 2.74 bits per heavy atom. The monoisotopic (exact) mass is 269 g/mol. The van der Waals surface area contributed by atoms with Gasteiger partial charge in [-0.25, -0.2) is 4.99 Å². The van der Waals surface area contributed by atoms with E-state index < -0.39 is 11.7 Å². The van der Waals surface area contributed by atoms with Crippen LogP contribution in [0.1, 0.15) is 24.8 Å². The van der Waals surface area contributed by atoms with Crippen molar-refractivity contribution in [3.63, 3.8) is 0 Å². The molecule has 1 aromatic carbocycles. The highest BCUT2D eigenvalue weighted by Crippen LogP contribution is 2.35. The van der Waals surface area contributed by atoms with Crippen LogP contribution in [0.4, 0.5) is 18.9 Å². The standard InChI is InChI=1S/C13H14F3N3/c14-13(15,16)10-3-1-2-4-11(10)19-12-17-8-5-6-9(7-8)18-12/h1-4,8-9H,5-7H2,(H2,17,18,19). The van der Waals surface area contributed by atoms with Crippen LogP contribution in [-0.4, -0.2) is 18.0 Å². The lowest BCUT2D eigenvalue weighted by molar-refractivity contribution is -0.136. The molecule has 3 rings (SSSR count). The Morgan fingerprint density at radius 1 is 1.21 bits per heavy atom. The van der Waals surface area contributed by atoms with Crippen molar-refractivity contribution in [3.8, 4) is 0 Å². The molecule has 2 N–H and O–H groups in total. The van der Waals surface area contributed by atoms with Gasteiger partial charge in [0.05, 0.1) is 17.3 Å². The molecule has 6 heteroatoms. The molecule has 1 fully saturated rings. The van der Waals surface area contributed by atoms with Gasteiger partial charge in [-0.2, -0.15) is 13.2 Å². The Balaban J connectivity index is 1.84. The maximum absolute atomic E-state index is 12.9. The first-order chi connectivity index (χ1) is 9.02. The van der Waals surface area contributed by atoms with Gasteiger partial charge in [0.1, 0.15) is 0 Å². The molecule has 1 aliphatic carbocycles. The lowest BCUT2D eigenvalue weighted by Crippen LogP contribution is -2.41. The number of alkyl halides is 3. The number of nitrogens with zero attached hydrogens (tertiary/aromatic N) is 1. The van der Waals surface area contributed by atoms with Crippen molar-refractivity contribution in [1.29, 1.82) is 0 Å². The van der Waals surface area contributed by atoms with E-state index in [1.165, 1.54) is 12.1 Å². The highest BCUT2D eigenvalue weighted by Gasteiger charge is 2.34. The van der Waals surface area contributed by atoms with Crippen molar-refractivity contribution in [2.75, 3.05) is 5.32 Å². The maximum atomic E-state index is 12.9. The van der Waals surface area contributed by atoms with E-state index >= 15 is 0 Å². The average molecular weight is 269 g/mol. The Morgan fingerprint density at radius 2 is 2.00 bits per heavy atom. The summed E-state index contributed by atoms with van der Waals surface area (Å²) >= 11 is 0. The molecule has 0 saturated heterocycles. The number of hydrogen-bond donors (Lipinski definition) is 2. The fraction of sp³-hybridized carbons (Fsp3) is 0.462. The number of aliphatic imine (C=N–C) groups is 1. The zero-order valence-electron chi connectivity index (χ0n) is 10.2. The first-order valence-corrected chi connectivity index (χ1v) is 6.30. The molecule has 1 aliphatic heterocycles. The van der Waals surface area contributed by atoms with Gasteiger partial charge in [-0.05, 0) is 31.4 Å². The van der Waals surface area contributed by atoms with Crippen LogP contribution in [-0.2, 0) is 6.18 Å². The van der Waals surface area contributed by atoms with Crippen molar-refractivity contribution < 1.29 is 13.2 Å². The van der Waals surface area contributed by atoms with Crippen LogP contribution in [0.5, 0.6) is 0 Å². The summed E-state index contributed by atoms with van der Waals surface area (Å²) < 4.78 is 38.6. The van der Waals surface area contributed by atoms with E-state index in [0.717, 1.165) is 25.3 Å². The molecule has 2 aliphatic rings. The molecule has 2 atom stereocenters. The molecule has 2 bridgehead atoms. The van der Waals surface area contributed by atoms with Gasteiger partial charge in [0.2, 0.25) is 0 Å². The first-order valence-electron chi connectivity index (χ1n) is 6.30. The second kappa shape index (κ2) is 4.43. The van der Waals surface area contributed by atoms with Crippen molar-refractivity contribution in [2.24, 2.45) is 4.99 Å². The molecule has 2 unspecified atom stereocenters. The average Bonchev–Trinajstić information content (AvgIpc) is 2.68. The molecule has 3 nitrogen and oxygen atoms in total. The van der Waals surface area contributed by atoms with Gasteiger partial charge < -0.3 is 10.6 Å². The van der Waals surface area contributed by atoms with E-state index in [9.17, 15) is 13.2 Å². The lowest BCUT2D eigenvalue weighted by Gasteiger charge is -2.23. The van der Waals surface area contributed by atoms with Crippen LogP contribution >= 0.6 is 0 Å². The van der Waals surface area contributed by atoms with Gasteiger partial charge >= 0.3 is 6.18 Å². The van der Waals surface area contributed by atoms with Crippen LogP contribution in [0.25, 0.3) is 0 Å². The fourth-order valence-electron chi connectivity index (χ4n) is 2.65. The van der Waals surface area contributed by atoms with E-state index in [0.29, 0.717) is 12.0 Å². The zero-order valence-corrected chi connectivity index (χ0v) is 10.2.